The fourth-order valence-electron chi connectivity index (χ4n) is 2.31. The van der Waals surface area contributed by atoms with Crippen molar-refractivity contribution in [1.82, 2.24) is 29.5 Å². The Hall–Kier alpha value is -3.13. The van der Waals surface area contributed by atoms with Gasteiger partial charge in [0.15, 0.2) is 5.82 Å². The van der Waals surface area contributed by atoms with E-state index in [1.165, 1.54) is 12.3 Å². The Bertz CT molecular complexity index is 1030. The molecule has 0 atom stereocenters. The van der Waals surface area contributed by atoms with Crippen LogP contribution in [0.2, 0.25) is 5.02 Å². The van der Waals surface area contributed by atoms with Crippen molar-refractivity contribution >= 4 is 22.9 Å². The number of nitrogens with zero attached hydrogens (tertiary/aromatic N) is 6. The van der Waals surface area contributed by atoms with Gasteiger partial charge in [-0.25, -0.2) is 18.9 Å². The predicted molar refractivity (Wildman–Crippen MR) is 90.5 cm³/mol. The molecule has 0 amide bonds. The van der Waals surface area contributed by atoms with Crippen LogP contribution in [0.4, 0.5) is 10.2 Å². The Balaban J connectivity index is 1.63. The van der Waals surface area contributed by atoms with Gasteiger partial charge < -0.3 is 5.32 Å². The van der Waals surface area contributed by atoms with Crippen LogP contribution < -0.4 is 5.32 Å². The molecule has 1 N–H and O–H groups in total. The summed E-state index contributed by atoms with van der Waals surface area (Å²) in [5.41, 5.74) is 2.20. The number of anilines is 1. The minimum absolute atomic E-state index is 0.354. The second-order valence-electron chi connectivity index (χ2n) is 5.18. The number of rotatable bonds is 4. The van der Waals surface area contributed by atoms with Crippen LogP contribution in [0.1, 0.15) is 5.69 Å². The molecule has 0 aliphatic rings. The van der Waals surface area contributed by atoms with Crippen molar-refractivity contribution in [2.75, 3.05) is 5.32 Å². The Morgan fingerprint density at radius 3 is 2.88 bits per heavy atom. The van der Waals surface area contributed by atoms with E-state index < -0.39 is 0 Å². The summed E-state index contributed by atoms with van der Waals surface area (Å²) in [6.45, 7) is 0.354. The van der Waals surface area contributed by atoms with Gasteiger partial charge in [-0.3, -0.25) is 9.97 Å². The third kappa shape index (κ3) is 3.11. The highest BCUT2D eigenvalue weighted by molar-refractivity contribution is 6.32. The van der Waals surface area contributed by atoms with Crippen LogP contribution in [0.3, 0.4) is 0 Å². The molecule has 9 heteroatoms. The molecule has 0 fully saturated rings. The number of fused-ring (bicyclic) bond motifs is 1. The van der Waals surface area contributed by atoms with Crippen LogP contribution >= 0.6 is 11.6 Å². The molecule has 0 bridgehead atoms. The highest BCUT2D eigenvalue weighted by atomic mass is 35.5. The van der Waals surface area contributed by atoms with Gasteiger partial charge in [0, 0.05) is 12.4 Å². The van der Waals surface area contributed by atoms with Crippen molar-refractivity contribution in [1.29, 1.82) is 0 Å². The number of pyridine rings is 1. The monoisotopic (exact) mass is 355 g/mol. The van der Waals surface area contributed by atoms with Crippen molar-refractivity contribution in [2.45, 2.75) is 6.54 Å². The van der Waals surface area contributed by atoms with Crippen LogP contribution in [-0.4, -0.2) is 29.5 Å². The van der Waals surface area contributed by atoms with Gasteiger partial charge in [-0.2, -0.15) is 5.10 Å². The maximum Gasteiger partial charge on any atom is 0.165 e. The highest BCUT2D eigenvalue weighted by Gasteiger charge is 2.12. The lowest BCUT2D eigenvalue weighted by atomic mass is 10.2. The van der Waals surface area contributed by atoms with Crippen LogP contribution in [0.25, 0.3) is 16.9 Å². The summed E-state index contributed by atoms with van der Waals surface area (Å²) < 4.78 is 14.6. The standard InChI is InChI=1S/C16H11ClFN7/c17-13-8-22-15(12-7-23-25-4-3-19-9-14(12)25)24-16(13)21-6-11-2-1-10(18)5-20-11/h1-5,7-9H,6H2,(H,21,22,24). The zero-order valence-electron chi connectivity index (χ0n) is 12.8. The van der Waals surface area contributed by atoms with E-state index >= 15 is 0 Å². The average molecular weight is 356 g/mol. The normalized spacial score (nSPS) is 11.0. The lowest BCUT2D eigenvalue weighted by molar-refractivity contribution is 0.619. The fourth-order valence-corrected chi connectivity index (χ4v) is 2.47. The predicted octanol–water partition coefficient (Wildman–Crippen LogP) is 2.99. The summed E-state index contributed by atoms with van der Waals surface area (Å²) in [4.78, 5) is 16.8. The molecule has 0 aromatic carbocycles. The lowest BCUT2D eigenvalue weighted by Crippen LogP contribution is -2.05. The summed E-state index contributed by atoms with van der Waals surface area (Å²) in [5.74, 6) is 0.552. The Labute approximate surface area is 146 Å². The van der Waals surface area contributed by atoms with Crippen LogP contribution in [0.15, 0.2) is 49.3 Å². The molecule has 0 saturated carbocycles. The summed E-state index contributed by atoms with van der Waals surface area (Å²) in [6.07, 6.45) is 9.44. The van der Waals surface area contributed by atoms with Crippen LogP contribution in [0.5, 0.6) is 0 Å². The quantitative estimate of drug-likeness (QED) is 0.606. The molecule has 4 heterocycles. The smallest absolute Gasteiger partial charge is 0.165 e. The summed E-state index contributed by atoms with van der Waals surface area (Å²) >= 11 is 6.17. The zero-order valence-corrected chi connectivity index (χ0v) is 13.5. The van der Waals surface area contributed by atoms with Gasteiger partial charge in [0.1, 0.15) is 16.7 Å². The van der Waals surface area contributed by atoms with Gasteiger partial charge in [0.05, 0.1) is 48.1 Å². The van der Waals surface area contributed by atoms with Gasteiger partial charge >= 0.3 is 0 Å². The van der Waals surface area contributed by atoms with Crippen LogP contribution in [-0.2, 0) is 6.54 Å². The second kappa shape index (κ2) is 6.40. The van der Waals surface area contributed by atoms with E-state index in [2.05, 4.69) is 30.4 Å². The number of aromatic nitrogens is 6. The molecule has 0 aliphatic heterocycles. The number of hydrogen-bond donors (Lipinski definition) is 1. The molecule has 124 valence electrons. The Morgan fingerprint density at radius 2 is 2.04 bits per heavy atom. The first-order valence-corrected chi connectivity index (χ1v) is 7.73. The van der Waals surface area contributed by atoms with Gasteiger partial charge in [0.2, 0.25) is 0 Å². The molecule has 0 radical (unpaired) electrons. The van der Waals surface area contributed by atoms with Crippen molar-refractivity contribution < 1.29 is 4.39 Å². The van der Waals surface area contributed by atoms with E-state index in [1.54, 1.807) is 35.4 Å². The largest absolute Gasteiger partial charge is 0.363 e. The van der Waals surface area contributed by atoms with Crippen molar-refractivity contribution in [3.63, 3.8) is 0 Å². The van der Waals surface area contributed by atoms with Crippen molar-refractivity contribution in [2.24, 2.45) is 0 Å². The molecule has 4 aromatic heterocycles. The van der Waals surface area contributed by atoms with Crippen LogP contribution in [0, 0.1) is 5.82 Å². The molecule has 0 spiro atoms. The van der Waals surface area contributed by atoms with E-state index in [4.69, 9.17) is 11.6 Å². The molecular weight excluding hydrogens is 345 g/mol. The molecule has 0 saturated heterocycles. The fraction of sp³-hybridized carbons (Fsp3) is 0.0625. The summed E-state index contributed by atoms with van der Waals surface area (Å²) in [7, 11) is 0. The topological polar surface area (TPSA) is 80.9 Å². The molecule has 4 rings (SSSR count). The summed E-state index contributed by atoms with van der Waals surface area (Å²) in [6, 6.07) is 2.94. The Kier molecular flexibility index (Phi) is 3.95. The zero-order chi connectivity index (χ0) is 17.2. The van der Waals surface area contributed by atoms with E-state index in [0.717, 1.165) is 17.3 Å². The second-order valence-corrected chi connectivity index (χ2v) is 5.58. The number of halogens is 2. The van der Waals surface area contributed by atoms with E-state index in [-0.39, 0.29) is 5.82 Å². The maximum atomic E-state index is 12.9. The maximum absolute atomic E-state index is 12.9. The molecule has 7 nitrogen and oxygen atoms in total. The molecule has 25 heavy (non-hydrogen) atoms. The van der Waals surface area contributed by atoms with Crippen molar-refractivity contribution in [3.8, 4) is 11.4 Å². The molecule has 0 aliphatic carbocycles. The van der Waals surface area contributed by atoms with Crippen molar-refractivity contribution in [3.05, 3.63) is 65.8 Å². The van der Waals surface area contributed by atoms with Gasteiger partial charge in [-0.15, -0.1) is 0 Å². The van der Waals surface area contributed by atoms with E-state index in [0.29, 0.717) is 28.9 Å². The third-order valence-electron chi connectivity index (χ3n) is 3.54. The average Bonchev–Trinajstić information content (AvgIpc) is 3.07. The minimum atomic E-state index is -0.382. The summed E-state index contributed by atoms with van der Waals surface area (Å²) in [5, 5.41) is 7.71. The molecule has 4 aromatic rings. The van der Waals surface area contributed by atoms with E-state index in [9.17, 15) is 4.39 Å². The number of nitrogens with one attached hydrogen (secondary N) is 1. The first-order valence-electron chi connectivity index (χ1n) is 7.35. The van der Waals surface area contributed by atoms with Gasteiger partial charge in [-0.05, 0) is 12.1 Å². The Morgan fingerprint density at radius 1 is 1.12 bits per heavy atom. The molecular formula is C16H11ClFN7. The van der Waals surface area contributed by atoms with E-state index in [1.807, 2.05) is 0 Å². The minimum Gasteiger partial charge on any atom is -0.363 e. The molecule has 0 unspecified atom stereocenters. The first-order chi connectivity index (χ1) is 12.2. The SMILES string of the molecule is Fc1ccc(CNc2nc(-c3cnn4ccncc34)ncc2Cl)nc1. The van der Waals surface area contributed by atoms with Gasteiger partial charge in [-0.1, -0.05) is 11.6 Å². The third-order valence-corrected chi connectivity index (χ3v) is 3.81. The highest BCUT2D eigenvalue weighted by Crippen LogP contribution is 2.25. The van der Waals surface area contributed by atoms with Gasteiger partial charge in [0.25, 0.3) is 0 Å². The number of hydrogen-bond acceptors (Lipinski definition) is 6. The lowest BCUT2D eigenvalue weighted by Gasteiger charge is -2.08. The first kappa shape index (κ1) is 15.4.